The highest BCUT2D eigenvalue weighted by Crippen LogP contribution is 2.33. The molecule has 18 heavy (non-hydrogen) atoms. The Morgan fingerprint density at radius 3 is 2.22 bits per heavy atom. The van der Waals surface area contributed by atoms with Crippen molar-refractivity contribution in [3.05, 3.63) is 70.8 Å². The van der Waals surface area contributed by atoms with E-state index in [-0.39, 0.29) is 5.41 Å². The van der Waals surface area contributed by atoms with Gasteiger partial charge in [0.25, 0.3) is 0 Å². The molecule has 0 atom stereocenters. The first kappa shape index (κ1) is 12.9. The van der Waals surface area contributed by atoms with Gasteiger partial charge in [0.05, 0.1) is 0 Å². The van der Waals surface area contributed by atoms with Crippen LogP contribution in [0.1, 0.15) is 38.3 Å². The maximum Gasteiger partial charge on any atom is 0.0143 e. The number of hydrogen-bond donors (Lipinski definition) is 0. The van der Waals surface area contributed by atoms with Gasteiger partial charge in [-0.25, -0.2) is 0 Å². The summed E-state index contributed by atoms with van der Waals surface area (Å²) in [4.78, 5) is 0. The summed E-state index contributed by atoms with van der Waals surface area (Å²) in [5.74, 6) is 0. The summed E-state index contributed by atoms with van der Waals surface area (Å²) in [6.07, 6.45) is 10.1. The molecule has 0 heteroatoms. The second kappa shape index (κ2) is 4.97. The van der Waals surface area contributed by atoms with E-state index < -0.39 is 0 Å². The molecule has 2 rings (SSSR count). The predicted octanol–water partition coefficient (Wildman–Crippen LogP) is 5.11. The maximum absolute atomic E-state index is 2.34. The highest BCUT2D eigenvalue weighted by atomic mass is 14.3. The Morgan fingerprint density at radius 1 is 0.889 bits per heavy atom. The molecule has 0 saturated carbocycles. The third-order valence-corrected chi connectivity index (χ3v) is 3.80. The molecule has 1 aliphatic rings. The van der Waals surface area contributed by atoms with Crippen molar-refractivity contribution in [2.45, 2.75) is 39.5 Å². The van der Waals surface area contributed by atoms with Crippen molar-refractivity contribution in [2.24, 2.45) is 0 Å². The fraction of sp³-hybridized carbons (Fsp3) is 0.333. The van der Waals surface area contributed by atoms with Crippen molar-refractivity contribution >= 4 is 0 Å². The minimum atomic E-state index is 0.0721. The van der Waals surface area contributed by atoms with Gasteiger partial charge in [0.2, 0.25) is 0 Å². The Balaban J connectivity index is 2.34. The first-order chi connectivity index (χ1) is 8.50. The maximum atomic E-state index is 2.34. The summed E-state index contributed by atoms with van der Waals surface area (Å²) < 4.78 is 0. The molecule has 94 valence electrons. The first-order valence-electron chi connectivity index (χ1n) is 6.63. The molecule has 0 saturated heterocycles. The third-order valence-electron chi connectivity index (χ3n) is 3.80. The van der Waals surface area contributed by atoms with Crippen LogP contribution in [-0.2, 0) is 5.41 Å². The standard InChI is InChI=1S/C18H22/c1-14-6-5-7-16(11-8-14)18(3,4)17-12-9-15(2)10-13-17/h6-13H,5H2,1-4H3. The number of hydrogen-bond acceptors (Lipinski definition) is 0. The van der Waals surface area contributed by atoms with E-state index in [0.717, 1.165) is 6.42 Å². The molecule has 1 aromatic carbocycles. The van der Waals surface area contributed by atoms with Crippen molar-refractivity contribution in [1.29, 1.82) is 0 Å². The fourth-order valence-electron chi connectivity index (χ4n) is 2.33. The molecule has 0 unspecified atom stereocenters. The molecular formula is C18H22. The van der Waals surface area contributed by atoms with Crippen LogP contribution in [0, 0.1) is 6.92 Å². The van der Waals surface area contributed by atoms with Crippen LogP contribution in [0.25, 0.3) is 0 Å². The third kappa shape index (κ3) is 2.64. The Hall–Kier alpha value is -1.56. The molecule has 0 heterocycles. The minimum Gasteiger partial charge on any atom is -0.0778 e. The molecule has 0 N–H and O–H groups in total. The summed E-state index contributed by atoms with van der Waals surface area (Å²) in [6.45, 7) is 8.89. The Morgan fingerprint density at radius 2 is 1.56 bits per heavy atom. The van der Waals surface area contributed by atoms with Gasteiger partial charge >= 0.3 is 0 Å². The molecule has 0 aliphatic heterocycles. The second-order valence-electron chi connectivity index (χ2n) is 5.67. The Kier molecular flexibility index (Phi) is 3.56. The Bertz CT molecular complexity index is 507. The van der Waals surface area contributed by atoms with Crippen LogP contribution in [0.3, 0.4) is 0 Å². The van der Waals surface area contributed by atoms with Crippen molar-refractivity contribution in [2.75, 3.05) is 0 Å². The lowest BCUT2D eigenvalue weighted by Crippen LogP contribution is -2.19. The smallest absolute Gasteiger partial charge is 0.0143 e. The number of rotatable bonds is 2. The van der Waals surface area contributed by atoms with Crippen molar-refractivity contribution < 1.29 is 0 Å². The van der Waals surface area contributed by atoms with E-state index in [1.165, 1.54) is 22.3 Å². The van der Waals surface area contributed by atoms with Gasteiger partial charge in [-0.1, -0.05) is 73.6 Å². The van der Waals surface area contributed by atoms with Crippen LogP contribution in [0.5, 0.6) is 0 Å². The van der Waals surface area contributed by atoms with Crippen LogP contribution in [0.15, 0.2) is 59.7 Å². The molecule has 0 amide bonds. The van der Waals surface area contributed by atoms with Gasteiger partial charge in [0.15, 0.2) is 0 Å². The van der Waals surface area contributed by atoms with Crippen molar-refractivity contribution in [3.63, 3.8) is 0 Å². The van der Waals surface area contributed by atoms with Crippen LogP contribution in [-0.4, -0.2) is 0 Å². The van der Waals surface area contributed by atoms with E-state index in [1.807, 2.05) is 0 Å². The van der Waals surface area contributed by atoms with Gasteiger partial charge in [-0.05, 0) is 31.4 Å². The monoisotopic (exact) mass is 238 g/mol. The summed E-state index contributed by atoms with van der Waals surface area (Å²) in [6, 6.07) is 8.88. The van der Waals surface area contributed by atoms with Crippen molar-refractivity contribution in [3.8, 4) is 0 Å². The zero-order chi connectivity index (χ0) is 13.2. The zero-order valence-electron chi connectivity index (χ0n) is 11.8. The lowest BCUT2D eigenvalue weighted by molar-refractivity contribution is 0.637. The second-order valence-corrected chi connectivity index (χ2v) is 5.67. The Labute approximate surface area is 111 Å². The van der Waals surface area contributed by atoms with E-state index in [0.29, 0.717) is 0 Å². The number of aryl methyl sites for hydroxylation is 1. The van der Waals surface area contributed by atoms with Gasteiger partial charge in [0.1, 0.15) is 0 Å². The lowest BCUT2D eigenvalue weighted by Gasteiger charge is -2.27. The topological polar surface area (TPSA) is 0 Å². The SMILES string of the molecule is CC1=CCC=C(C(C)(C)c2ccc(C)cc2)C=C1. The molecule has 0 spiro atoms. The first-order valence-corrected chi connectivity index (χ1v) is 6.63. The molecule has 0 aromatic heterocycles. The average Bonchev–Trinajstić information content (AvgIpc) is 2.55. The largest absolute Gasteiger partial charge is 0.0778 e. The lowest BCUT2D eigenvalue weighted by atomic mass is 9.77. The highest BCUT2D eigenvalue weighted by molar-refractivity contribution is 5.43. The summed E-state index contributed by atoms with van der Waals surface area (Å²) in [7, 11) is 0. The van der Waals surface area contributed by atoms with Crippen LogP contribution < -0.4 is 0 Å². The van der Waals surface area contributed by atoms with Crippen LogP contribution in [0.4, 0.5) is 0 Å². The van der Waals surface area contributed by atoms with Gasteiger partial charge in [-0.2, -0.15) is 0 Å². The van der Waals surface area contributed by atoms with E-state index in [9.17, 15) is 0 Å². The van der Waals surface area contributed by atoms with Gasteiger partial charge < -0.3 is 0 Å². The van der Waals surface area contributed by atoms with E-state index in [1.54, 1.807) is 0 Å². The molecular weight excluding hydrogens is 216 g/mol. The van der Waals surface area contributed by atoms with Crippen LogP contribution >= 0.6 is 0 Å². The zero-order valence-corrected chi connectivity index (χ0v) is 11.8. The van der Waals surface area contributed by atoms with Crippen molar-refractivity contribution in [1.82, 2.24) is 0 Å². The summed E-state index contributed by atoms with van der Waals surface area (Å²) in [5.41, 5.74) is 5.52. The predicted molar refractivity (Wildman–Crippen MR) is 79.8 cm³/mol. The molecule has 0 nitrogen and oxygen atoms in total. The van der Waals surface area contributed by atoms with Gasteiger partial charge in [-0.3, -0.25) is 0 Å². The summed E-state index contributed by atoms with van der Waals surface area (Å²) in [5, 5.41) is 0. The highest BCUT2D eigenvalue weighted by Gasteiger charge is 2.23. The van der Waals surface area contributed by atoms with Gasteiger partial charge in [-0.15, -0.1) is 0 Å². The molecule has 0 bridgehead atoms. The normalized spacial score (nSPS) is 16.0. The number of benzene rings is 1. The average molecular weight is 238 g/mol. The van der Waals surface area contributed by atoms with Crippen LogP contribution in [0.2, 0.25) is 0 Å². The van der Waals surface area contributed by atoms with Gasteiger partial charge in [0, 0.05) is 5.41 Å². The summed E-state index contributed by atoms with van der Waals surface area (Å²) >= 11 is 0. The number of allylic oxidation sites excluding steroid dienone is 6. The molecule has 1 aliphatic carbocycles. The van der Waals surface area contributed by atoms with E-state index in [2.05, 4.69) is 76.3 Å². The molecule has 1 aromatic rings. The van der Waals surface area contributed by atoms with E-state index >= 15 is 0 Å². The molecule has 0 fully saturated rings. The van der Waals surface area contributed by atoms with E-state index in [4.69, 9.17) is 0 Å². The minimum absolute atomic E-state index is 0.0721. The molecule has 0 radical (unpaired) electrons. The quantitative estimate of drug-likeness (QED) is 0.672. The fourth-order valence-corrected chi connectivity index (χ4v) is 2.33.